The van der Waals surface area contributed by atoms with E-state index in [2.05, 4.69) is 60.3 Å². The van der Waals surface area contributed by atoms with Gasteiger partial charge in [-0.05, 0) is 49.1 Å². The van der Waals surface area contributed by atoms with Gasteiger partial charge in [0.05, 0.1) is 6.54 Å². The highest BCUT2D eigenvalue weighted by Gasteiger charge is 2.05. The van der Waals surface area contributed by atoms with Gasteiger partial charge in [-0.3, -0.25) is 9.78 Å². The van der Waals surface area contributed by atoms with Gasteiger partial charge in [0.15, 0.2) is 0 Å². The summed E-state index contributed by atoms with van der Waals surface area (Å²) in [5.74, 6) is 2.24. The molecule has 0 atom stereocenters. The fraction of sp³-hybridized carbons (Fsp3) is 0.440. The molecule has 0 amide bonds. The molecule has 31 heavy (non-hydrogen) atoms. The number of aromatic nitrogens is 3. The molecule has 168 valence electrons. The molecular formula is C25H36N4O2. The van der Waals surface area contributed by atoms with Crippen molar-refractivity contribution in [2.45, 2.75) is 60.8 Å². The number of ketones is 1. The van der Waals surface area contributed by atoms with Gasteiger partial charge in [-0.2, -0.15) is 4.98 Å². The number of nitrogens with zero attached hydrogens (tertiary/aromatic N) is 3. The van der Waals surface area contributed by atoms with Crippen molar-refractivity contribution in [3.8, 4) is 11.4 Å². The summed E-state index contributed by atoms with van der Waals surface area (Å²) >= 11 is 0. The molecule has 2 aromatic heterocycles. The number of aryl methyl sites for hydroxylation is 2. The molecule has 0 spiro atoms. The van der Waals surface area contributed by atoms with Gasteiger partial charge in [0, 0.05) is 30.1 Å². The second-order valence-electron chi connectivity index (χ2n) is 7.84. The zero-order chi connectivity index (χ0) is 23.1. The normalized spacial score (nSPS) is 9.90. The van der Waals surface area contributed by atoms with Crippen LogP contribution in [0.25, 0.3) is 11.4 Å². The first-order valence-corrected chi connectivity index (χ1v) is 10.9. The maximum Gasteiger partial charge on any atom is 0.226 e. The number of carbonyl (C=O) groups excluding carboxylic acids is 1. The van der Waals surface area contributed by atoms with Crippen LogP contribution in [0.1, 0.15) is 59.4 Å². The Labute approximate surface area is 186 Å². The predicted octanol–water partition coefficient (Wildman–Crippen LogP) is 6.00. The molecular weight excluding hydrogens is 388 g/mol. The monoisotopic (exact) mass is 424 g/mol. The van der Waals surface area contributed by atoms with Crippen molar-refractivity contribution in [1.82, 2.24) is 15.1 Å². The summed E-state index contributed by atoms with van der Waals surface area (Å²) < 4.78 is 4.98. The lowest BCUT2D eigenvalue weighted by atomic mass is 10.1. The molecule has 1 aromatic carbocycles. The molecule has 0 aliphatic rings. The van der Waals surface area contributed by atoms with Gasteiger partial charge in [0.2, 0.25) is 11.7 Å². The molecule has 0 saturated carbocycles. The smallest absolute Gasteiger partial charge is 0.226 e. The molecule has 0 bridgehead atoms. The number of hydrogen-bond donors (Lipinski definition) is 1. The van der Waals surface area contributed by atoms with Crippen LogP contribution in [0.5, 0.6) is 0 Å². The predicted molar refractivity (Wildman–Crippen MR) is 127 cm³/mol. The zero-order valence-electron chi connectivity index (χ0n) is 19.7. The van der Waals surface area contributed by atoms with E-state index < -0.39 is 0 Å². The van der Waals surface area contributed by atoms with Crippen LogP contribution >= 0.6 is 0 Å². The Balaban J connectivity index is 0.000000265. The van der Waals surface area contributed by atoms with Crippen LogP contribution in [0.4, 0.5) is 5.69 Å². The Kier molecular flexibility index (Phi) is 12.5. The van der Waals surface area contributed by atoms with Gasteiger partial charge in [-0.15, -0.1) is 0 Å². The number of carbonyl (C=O) groups is 1. The van der Waals surface area contributed by atoms with Gasteiger partial charge >= 0.3 is 0 Å². The molecule has 2 heterocycles. The van der Waals surface area contributed by atoms with E-state index in [0.29, 0.717) is 18.3 Å². The van der Waals surface area contributed by atoms with Crippen LogP contribution < -0.4 is 5.32 Å². The largest absolute Gasteiger partial charge is 0.378 e. The van der Waals surface area contributed by atoms with Gasteiger partial charge in [-0.1, -0.05) is 58.3 Å². The lowest BCUT2D eigenvalue weighted by molar-refractivity contribution is -0.115. The number of benzene rings is 1. The van der Waals surface area contributed by atoms with Crippen molar-refractivity contribution in [3.05, 3.63) is 60.2 Å². The van der Waals surface area contributed by atoms with Crippen LogP contribution in [0.3, 0.4) is 0 Å². The van der Waals surface area contributed by atoms with Crippen LogP contribution in [-0.4, -0.2) is 27.5 Å². The average Bonchev–Trinajstić information content (AvgIpc) is 3.24. The van der Waals surface area contributed by atoms with Crippen molar-refractivity contribution in [2.75, 3.05) is 11.9 Å². The van der Waals surface area contributed by atoms with E-state index in [1.165, 1.54) is 12.0 Å². The van der Waals surface area contributed by atoms with E-state index in [0.717, 1.165) is 30.0 Å². The summed E-state index contributed by atoms with van der Waals surface area (Å²) in [5, 5.41) is 6.90. The summed E-state index contributed by atoms with van der Waals surface area (Å²) in [4.78, 5) is 18.9. The first kappa shape index (κ1) is 26.0. The van der Waals surface area contributed by atoms with E-state index in [4.69, 9.17) is 4.52 Å². The van der Waals surface area contributed by atoms with E-state index in [9.17, 15) is 4.79 Å². The van der Waals surface area contributed by atoms with Gasteiger partial charge < -0.3 is 9.84 Å². The summed E-state index contributed by atoms with van der Waals surface area (Å²) in [6.07, 6.45) is 6.47. The Bertz CT molecular complexity index is 856. The summed E-state index contributed by atoms with van der Waals surface area (Å²) in [7, 11) is 0. The van der Waals surface area contributed by atoms with Crippen molar-refractivity contribution >= 4 is 11.5 Å². The van der Waals surface area contributed by atoms with Crippen molar-refractivity contribution in [3.63, 3.8) is 0 Å². The molecule has 3 rings (SSSR count). The van der Waals surface area contributed by atoms with E-state index in [1.54, 1.807) is 19.3 Å². The average molecular weight is 425 g/mol. The first-order valence-electron chi connectivity index (χ1n) is 10.9. The summed E-state index contributed by atoms with van der Waals surface area (Å²) in [6, 6.07) is 12.0. The lowest BCUT2D eigenvalue weighted by Gasteiger charge is -2.04. The lowest BCUT2D eigenvalue weighted by Crippen LogP contribution is -2.09. The molecule has 0 aliphatic carbocycles. The Morgan fingerprint density at radius 1 is 1.10 bits per heavy atom. The van der Waals surface area contributed by atoms with E-state index >= 15 is 0 Å². The molecule has 0 radical (unpaired) electrons. The highest BCUT2D eigenvalue weighted by atomic mass is 16.5. The third-order valence-corrected chi connectivity index (χ3v) is 3.72. The number of hydrogen-bond acceptors (Lipinski definition) is 6. The molecule has 1 N–H and O–H groups in total. The van der Waals surface area contributed by atoms with Crippen molar-refractivity contribution in [2.24, 2.45) is 5.92 Å². The van der Waals surface area contributed by atoms with Gasteiger partial charge in [-0.25, -0.2) is 0 Å². The van der Waals surface area contributed by atoms with Crippen LogP contribution in [-0.2, 0) is 17.6 Å². The van der Waals surface area contributed by atoms with Crippen molar-refractivity contribution in [1.29, 1.82) is 0 Å². The molecule has 6 heteroatoms. The Hall–Kier alpha value is -3.02. The molecule has 0 saturated heterocycles. The van der Waals surface area contributed by atoms with Crippen molar-refractivity contribution < 1.29 is 9.32 Å². The van der Waals surface area contributed by atoms with E-state index in [-0.39, 0.29) is 5.78 Å². The van der Waals surface area contributed by atoms with Gasteiger partial charge in [0.25, 0.3) is 0 Å². The molecule has 3 aromatic rings. The fourth-order valence-corrected chi connectivity index (χ4v) is 2.32. The first-order chi connectivity index (χ1) is 14.8. The molecule has 6 nitrogen and oxygen atoms in total. The van der Waals surface area contributed by atoms with Crippen LogP contribution in [0.15, 0.2) is 53.3 Å². The number of Topliss-reactive ketones (excluding diaryl/α,β-unsaturated/α-hetero) is 1. The minimum absolute atomic E-state index is 0.155. The SMILES string of the molecule is CC(C)C.CCCc1ccc(NCC(C)=O)cc1.CCc1nc(-c2cccnc2)no1. The standard InChI is InChI=1S/C12H17NO.C9H9N3O.C4H10/c1-3-4-11-5-7-12(8-6-11)13-9-10(2)14;1-2-8-11-9(12-13-8)7-4-3-5-10-6-7;1-4(2)3/h5-8,13H,3-4,9H2,1-2H3;3-6H,2H2,1H3;4H,1-3H3. The third kappa shape index (κ3) is 11.7. The number of nitrogens with one attached hydrogen (secondary N) is 1. The summed E-state index contributed by atoms with van der Waals surface area (Å²) in [5.41, 5.74) is 3.24. The second kappa shape index (κ2) is 14.9. The number of anilines is 1. The molecule has 0 aliphatic heterocycles. The fourth-order valence-electron chi connectivity index (χ4n) is 2.32. The minimum Gasteiger partial charge on any atom is -0.378 e. The quantitative estimate of drug-likeness (QED) is 0.501. The topological polar surface area (TPSA) is 80.9 Å². The van der Waals surface area contributed by atoms with E-state index in [1.807, 2.05) is 31.2 Å². The number of pyridine rings is 1. The Morgan fingerprint density at radius 2 is 1.77 bits per heavy atom. The molecule has 0 fully saturated rings. The maximum atomic E-state index is 10.7. The van der Waals surface area contributed by atoms with Crippen LogP contribution in [0.2, 0.25) is 0 Å². The zero-order valence-corrected chi connectivity index (χ0v) is 19.7. The third-order valence-electron chi connectivity index (χ3n) is 3.72. The highest BCUT2D eigenvalue weighted by molar-refractivity contribution is 5.80. The highest BCUT2D eigenvalue weighted by Crippen LogP contribution is 2.13. The Morgan fingerprint density at radius 3 is 2.26 bits per heavy atom. The summed E-state index contributed by atoms with van der Waals surface area (Å²) in [6.45, 7) is 12.6. The second-order valence-corrected chi connectivity index (χ2v) is 7.84. The van der Waals surface area contributed by atoms with Gasteiger partial charge in [0.1, 0.15) is 5.78 Å². The number of rotatable bonds is 7. The van der Waals surface area contributed by atoms with Crippen LogP contribution in [0, 0.1) is 5.92 Å². The maximum absolute atomic E-state index is 10.7. The molecule has 0 unspecified atom stereocenters. The minimum atomic E-state index is 0.155.